The molecule has 0 spiro atoms. The molecule has 106 valence electrons. The van der Waals surface area contributed by atoms with E-state index in [9.17, 15) is 0 Å². The molecule has 0 N–H and O–H groups in total. The Morgan fingerprint density at radius 3 is 2.43 bits per heavy atom. The van der Waals surface area contributed by atoms with Gasteiger partial charge in [0.2, 0.25) is 0 Å². The fourth-order valence-electron chi connectivity index (χ4n) is 2.42. The van der Waals surface area contributed by atoms with Crippen molar-refractivity contribution in [1.82, 2.24) is 14.8 Å². The summed E-state index contributed by atoms with van der Waals surface area (Å²) in [4.78, 5) is 0. The first-order chi connectivity index (χ1) is 10.2. The lowest BCUT2D eigenvalue weighted by atomic mass is 10.0. The van der Waals surface area contributed by atoms with Gasteiger partial charge in [-0.25, -0.2) is 0 Å². The topological polar surface area (TPSA) is 30.7 Å². The molecule has 1 heterocycles. The first-order valence-corrected chi connectivity index (χ1v) is 7.97. The molecule has 0 aliphatic carbocycles. The van der Waals surface area contributed by atoms with Crippen molar-refractivity contribution in [3.8, 4) is 17.1 Å². The van der Waals surface area contributed by atoms with E-state index in [0.717, 1.165) is 22.9 Å². The predicted octanol–water partition coefficient (Wildman–Crippen LogP) is 4.45. The molecule has 0 aliphatic rings. The van der Waals surface area contributed by atoms with Crippen molar-refractivity contribution in [3.63, 3.8) is 0 Å². The van der Waals surface area contributed by atoms with E-state index in [4.69, 9.17) is 0 Å². The maximum atomic E-state index is 4.42. The summed E-state index contributed by atoms with van der Waals surface area (Å²) >= 11 is 3.50. The van der Waals surface area contributed by atoms with Crippen molar-refractivity contribution < 1.29 is 0 Å². The quantitative estimate of drug-likeness (QED) is 0.659. The summed E-state index contributed by atoms with van der Waals surface area (Å²) < 4.78 is 2.11. The Morgan fingerprint density at radius 2 is 1.71 bits per heavy atom. The highest BCUT2D eigenvalue weighted by atomic mass is 79.9. The van der Waals surface area contributed by atoms with Crippen LogP contribution in [-0.4, -0.2) is 14.8 Å². The fourth-order valence-corrected chi connectivity index (χ4v) is 2.78. The molecule has 0 fully saturated rings. The number of para-hydroxylation sites is 1. The molecule has 0 atom stereocenters. The molecule has 0 saturated heterocycles. The van der Waals surface area contributed by atoms with Crippen LogP contribution in [0.25, 0.3) is 17.1 Å². The van der Waals surface area contributed by atoms with Crippen molar-refractivity contribution >= 4 is 15.9 Å². The van der Waals surface area contributed by atoms with Gasteiger partial charge in [0.1, 0.15) is 5.82 Å². The second kappa shape index (κ2) is 5.82. The number of rotatable bonds is 3. The van der Waals surface area contributed by atoms with E-state index in [1.54, 1.807) is 0 Å². The van der Waals surface area contributed by atoms with Gasteiger partial charge in [-0.1, -0.05) is 52.3 Å². The van der Waals surface area contributed by atoms with Crippen LogP contribution in [0.15, 0.2) is 48.5 Å². The van der Waals surface area contributed by atoms with Gasteiger partial charge in [-0.15, -0.1) is 10.2 Å². The molecule has 3 aromatic rings. The number of hydrogen-bond acceptors (Lipinski definition) is 2. The predicted molar refractivity (Wildman–Crippen MR) is 88.9 cm³/mol. The summed E-state index contributed by atoms with van der Waals surface area (Å²) in [6, 6.07) is 16.5. The molecule has 3 nitrogen and oxygen atoms in total. The third kappa shape index (κ3) is 2.51. The summed E-state index contributed by atoms with van der Waals surface area (Å²) in [6.45, 7) is 4.25. The Kier molecular flexibility index (Phi) is 3.88. The number of hydrogen-bond donors (Lipinski definition) is 0. The molecule has 0 saturated carbocycles. The van der Waals surface area contributed by atoms with Crippen molar-refractivity contribution in [2.24, 2.45) is 0 Å². The van der Waals surface area contributed by atoms with Gasteiger partial charge in [0.05, 0.1) is 5.33 Å². The smallest absolute Gasteiger partial charge is 0.168 e. The summed E-state index contributed by atoms with van der Waals surface area (Å²) in [7, 11) is 0. The van der Waals surface area contributed by atoms with Crippen molar-refractivity contribution in [3.05, 3.63) is 65.5 Å². The standard InChI is InChI=1S/C17H16BrN3/c1-12-7-6-10-15(13(12)2)17-20-19-16(11-18)21(17)14-8-4-3-5-9-14/h3-10H,11H2,1-2H3. The Bertz CT molecular complexity index is 763. The fraction of sp³-hybridized carbons (Fsp3) is 0.176. The largest absolute Gasteiger partial charge is 0.278 e. The van der Waals surface area contributed by atoms with Crippen LogP contribution in [0.5, 0.6) is 0 Å². The first kappa shape index (κ1) is 14.0. The number of aryl methyl sites for hydroxylation is 1. The van der Waals surface area contributed by atoms with Crippen molar-refractivity contribution in [2.75, 3.05) is 0 Å². The zero-order valence-electron chi connectivity index (χ0n) is 12.0. The molecule has 0 bridgehead atoms. The van der Waals surface area contributed by atoms with Crippen LogP contribution in [-0.2, 0) is 5.33 Å². The van der Waals surface area contributed by atoms with Gasteiger partial charge in [0.25, 0.3) is 0 Å². The molecule has 4 heteroatoms. The molecule has 0 aliphatic heterocycles. The number of aromatic nitrogens is 3. The average Bonchev–Trinajstić information content (AvgIpc) is 2.94. The first-order valence-electron chi connectivity index (χ1n) is 6.84. The van der Waals surface area contributed by atoms with Gasteiger partial charge >= 0.3 is 0 Å². The van der Waals surface area contributed by atoms with E-state index >= 15 is 0 Å². The van der Waals surface area contributed by atoms with E-state index in [2.05, 4.69) is 74.9 Å². The Hall–Kier alpha value is -1.94. The highest BCUT2D eigenvalue weighted by Crippen LogP contribution is 2.27. The van der Waals surface area contributed by atoms with Crippen LogP contribution in [0, 0.1) is 13.8 Å². The number of benzene rings is 2. The highest BCUT2D eigenvalue weighted by molar-refractivity contribution is 9.08. The number of alkyl halides is 1. The second-order valence-electron chi connectivity index (χ2n) is 4.99. The van der Waals surface area contributed by atoms with Gasteiger partial charge in [0, 0.05) is 11.3 Å². The lowest BCUT2D eigenvalue weighted by Crippen LogP contribution is -2.02. The minimum atomic E-state index is 0.666. The van der Waals surface area contributed by atoms with Crippen molar-refractivity contribution in [2.45, 2.75) is 19.2 Å². The van der Waals surface area contributed by atoms with Crippen LogP contribution in [0.1, 0.15) is 17.0 Å². The average molecular weight is 342 g/mol. The molecule has 0 amide bonds. The maximum Gasteiger partial charge on any atom is 0.168 e. The summed E-state index contributed by atoms with van der Waals surface area (Å²) in [5.74, 6) is 1.79. The molecular weight excluding hydrogens is 326 g/mol. The molecule has 1 aromatic heterocycles. The molecule has 21 heavy (non-hydrogen) atoms. The Labute approximate surface area is 132 Å². The van der Waals surface area contributed by atoms with E-state index in [1.165, 1.54) is 11.1 Å². The Balaban J connectivity index is 2.25. The third-order valence-corrected chi connectivity index (χ3v) is 4.21. The van der Waals surface area contributed by atoms with Crippen LogP contribution in [0.4, 0.5) is 0 Å². The van der Waals surface area contributed by atoms with E-state index in [-0.39, 0.29) is 0 Å². The van der Waals surface area contributed by atoms with Gasteiger partial charge in [0.15, 0.2) is 5.82 Å². The van der Waals surface area contributed by atoms with Crippen LogP contribution < -0.4 is 0 Å². The molecule has 0 unspecified atom stereocenters. The molecule has 2 aromatic carbocycles. The minimum absolute atomic E-state index is 0.666. The summed E-state index contributed by atoms with van der Waals surface area (Å²) in [5.41, 5.74) is 4.70. The molecule has 0 radical (unpaired) electrons. The zero-order valence-corrected chi connectivity index (χ0v) is 13.6. The molecular formula is C17H16BrN3. The van der Waals surface area contributed by atoms with E-state index in [1.807, 2.05) is 18.2 Å². The monoisotopic (exact) mass is 341 g/mol. The van der Waals surface area contributed by atoms with Gasteiger partial charge in [-0.3, -0.25) is 4.57 Å². The summed E-state index contributed by atoms with van der Waals surface area (Å²) in [6.07, 6.45) is 0. The van der Waals surface area contributed by atoms with Gasteiger partial charge < -0.3 is 0 Å². The van der Waals surface area contributed by atoms with E-state index in [0.29, 0.717) is 5.33 Å². The van der Waals surface area contributed by atoms with Gasteiger partial charge in [-0.05, 0) is 37.1 Å². The van der Waals surface area contributed by atoms with E-state index < -0.39 is 0 Å². The molecule has 3 rings (SSSR count). The lowest BCUT2D eigenvalue weighted by molar-refractivity contribution is 0.961. The second-order valence-corrected chi connectivity index (χ2v) is 5.55. The van der Waals surface area contributed by atoms with Crippen LogP contribution >= 0.6 is 15.9 Å². The summed E-state index contributed by atoms with van der Waals surface area (Å²) in [5, 5.41) is 9.41. The highest BCUT2D eigenvalue weighted by Gasteiger charge is 2.16. The normalized spacial score (nSPS) is 10.8. The number of nitrogens with zero attached hydrogens (tertiary/aromatic N) is 3. The maximum absolute atomic E-state index is 4.42. The SMILES string of the molecule is Cc1cccc(-c2nnc(CBr)n2-c2ccccc2)c1C. The van der Waals surface area contributed by atoms with Crippen LogP contribution in [0.2, 0.25) is 0 Å². The van der Waals surface area contributed by atoms with Crippen molar-refractivity contribution in [1.29, 1.82) is 0 Å². The van der Waals surface area contributed by atoms with Crippen LogP contribution in [0.3, 0.4) is 0 Å². The Morgan fingerprint density at radius 1 is 0.952 bits per heavy atom. The zero-order chi connectivity index (χ0) is 14.8. The minimum Gasteiger partial charge on any atom is -0.278 e. The lowest BCUT2D eigenvalue weighted by Gasteiger charge is -2.12. The van der Waals surface area contributed by atoms with Gasteiger partial charge in [-0.2, -0.15) is 0 Å². The third-order valence-electron chi connectivity index (χ3n) is 3.71. The number of halogens is 1.